The second-order valence-corrected chi connectivity index (χ2v) is 8.70. The molecule has 4 aromatic rings. The van der Waals surface area contributed by atoms with Crippen molar-refractivity contribution in [2.75, 3.05) is 18.4 Å². The zero-order chi connectivity index (χ0) is 29.2. The first-order chi connectivity index (χ1) is 19.3. The van der Waals surface area contributed by atoms with Crippen LogP contribution >= 0.6 is 23.2 Å². The first-order valence-corrected chi connectivity index (χ1v) is 12.7. The molecule has 11 heteroatoms. The Labute approximate surface area is 254 Å². The summed E-state index contributed by atoms with van der Waals surface area (Å²) in [5.74, 6) is -0.0440. The van der Waals surface area contributed by atoms with Crippen LogP contribution in [-0.4, -0.2) is 36.8 Å². The van der Waals surface area contributed by atoms with Crippen LogP contribution in [0.3, 0.4) is 0 Å². The Kier molecular flexibility index (Phi) is 16.7. The Morgan fingerprint density at radius 2 is 1.17 bits per heavy atom. The van der Waals surface area contributed by atoms with Crippen molar-refractivity contribution in [3.63, 3.8) is 0 Å². The van der Waals surface area contributed by atoms with Gasteiger partial charge in [-0.2, -0.15) is 4.99 Å². The van der Waals surface area contributed by atoms with Crippen LogP contribution in [0.4, 0.5) is 16.2 Å². The summed E-state index contributed by atoms with van der Waals surface area (Å²) >= 11 is 11.3. The summed E-state index contributed by atoms with van der Waals surface area (Å²) in [6.07, 6.45) is 1.44. The largest absolute Gasteiger partial charge is 1.00 e. The molecule has 4 rings (SSSR count). The van der Waals surface area contributed by atoms with E-state index in [9.17, 15) is 19.2 Å². The number of amides is 2. The molecule has 8 nitrogen and oxygen atoms in total. The van der Waals surface area contributed by atoms with Gasteiger partial charge in [-0.05, 0) is 48.5 Å². The smallest absolute Gasteiger partial charge is 0.319 e. The zero-order valence-electron chi connectivity index (χ0n) is 21.7. The monoisotopic (exact) mass is 612 g/mol. The van der Waals surface area contributed by atoms with Crippen LogP contribution in [0, 0.1) is 0 Å². The van der Waals surface area contributed by atoms with Crippen molar-refractivity contribution in [3.8, 4) is 0 Å². The topological polar surface area (TPSA) is 132 Å². The Balaban J connectivity index is 0.000000337. The molecule has 212 valence electrons. The summed E-state index contributed by atoms with van der Waals surface area (Å²) in [4.78, 5) is 47.5. The molecule has 0 spiro atoms. The highest BCUT2D eigenvalue weighted by Crippen LogP contribution is 2.15. The minimum absolute atomic E-state index is 0. The number of quaternary nitrogens is 1. The number of hydrogen-bond acceptors (Lipinski definition) is 5. The summed E-state index contributed by atoms with van der Waals surface area (Å²) in [5.41, 5.74) is 6.01. The number of halogens is 3. The lowest BCUT2D eigenvalue weighted by atomic mass is 10.1. The van der Waals surface area contributed by atoms with Gasteiger partial charge in [-0.15, -0.1) is 0 Å². The number of urea groups is 1. The second-order valence-electron chi connectivity index (χ2n) is 7.82. The van der Waals surface area contributed by atoms with Gasteiger partial charge in [-0.25, -0.2) is 9.59 Å². The lowest BCUT2D eigenvalue weighted by Crippen LogP contribution is -3.00. The van der Waals surface area contributed by atoms with Crippen LogP contribution in [0.1, 0.15) is 20.7 Å². The summed E-state index contributed by atoms with van der Waals surface area (Å²) in [6, 6.07) is 30.9. The number of isocyanates is 1. The molecule has 0 bridgehead atoms. The number of nitrogens with zero attached hydrogens (tertiary/aromatic N) is 1. The zero-order valence-corrected chi connectivity index (χ0v) is 24.0. The Hall–Kier alpha value is -4.30. The Morgan fingerprint density at radius 3 is 1.63 bits per heavy atom. The molecule has 0 aliphatic heterocycles. The van der Waals surface area contributed by atoms with E-state index in [1.54, 1.807) is 84.9 Å². The third-order valence-electron chi connectivity index (χ3n) is 4.93. The van der Waals surface area contributed by atoms with Gasteiger partial charge in [-0.1, -0.05) is 83.9 Å². The fraction of sp³-hybridized carbons (Fsp3) is 0.0667. The van der Waals surface area contributed by atoms with Gasteiger partial charge in [0.25, 0.3) is 0 Å². The molecule has 0 fully saturated rings. The predicted octanol–water partition coefficient (Wildman–Crippen LogP) is 2.77. The molecule has 0 aliphatic carbocycles. The van der Waals surface area contributed by atoms with Gasteiger partial charge >= 0.3 is 6.03 Å². The highest BCUT2D eigenvalue weighted by atomic mass is 35.5. The minimum atomic E-state index is -0.434. The summed E-state index contributed by atoms with van der Waals surface area (Å²) in [6.45, 7) is 0.285. The van der Waals surface area contributed by atoms with E-state index in [-0.39, 0.29) is 30.5 Å². The second kappa shape index (κ2) is 19.7. The van der Waals surface area contributed by atoms with E-state index >= 15 is 0 Å². The lowest BCUT2D eigenvalue weighted by Gasteiger charge is -2.07. The van der Waals surface area contributed by atoms with Crippen LogP contribution in [0.25, 0.3) is 0 Å². The molecule has 2 amide bonds. The third kappa shape index (κ3) is 14.1. The maximum atomic E-state index is 11.8. The van der Waals surface area contributed by atoms with Crippen molar-refractivity contribution in [3.05, 3.63) is 130 Å². The Bertz CT molecular complexity index is 1410. The van der Waals surface area contributed by atoms with Crippen LogP contribution in [0.5, 0.6) is 0 Å². The van der Waals surface area contributed by atoms with E-state index in [0.29, 0.717) is 33.5 Å². The SMILES string of the molecule is O=C(NCC(=O)c1ccccc1)Nc1ccc(Cl)cc1.O=C=Nc1ccc(Cl)cc1.[Cl-].[NH3+]CC(=O)c1ccccc1. The van der Waals surface area contributed by atoms with Crippen molar-refractivity contribution >= 4 is 58.3 Å². The molecule has 0 atom stereocenters. The summed E-state index contributed by atoms with van der Waals surface area (Å²) < 4.78 is 0. The normalized spacial score (nSPS) is 9.15. The van der Waals surface area contributed by atoms with Crippen molar-refractivity contribution in [2.24, 2.45) is 4.99 Å². The highest BCUT2D eigenvalue weighted by Gasteiger charge is 2.07. The summed E-state index contributed by atoms with van der Waals surface area (Å²) in [5, 5.41) is 6.35. The molecule has 4 aromatic carbocycles. The van der Waals surface area contributed by atoms with Crippen LogP contribution in [0.2, 0.25) is 10.0 Å². The molecule has 0 radical (unpaired) electrons. The number of anilines is 1. The molecule has 0 heterocycles. The fourth-order valence-electron chi connectivity index (χ4n) is 2.93. The van der Waals surface area contributed by atoms with Gasteiger partial charge in [0.05, 0.1) is 12.2 Å². The molecule has 0 aliphatic rings. The molecule has 0 aromatic heterocycles. The van der Waals surface area contributed by atoms with Crippen LogP contribution < -0.4 is 28.8 Å². The van der Waals surface area contributed by atoms with Gasteiger partial charge < -0.3 is 28.8 Å². The highest BCUT2D eigenvalue weighted by molar-refractivity contribution is 6.30. The van der Waals surface area contributed by atoms with Gasteiger partial charge in [0.2, 0.25) is 11.9 Å². The number of carbonyl (C=O) groups is 3. The molecular formula is C30H27Cl3N4O4. The number of nitrogens with one attached hydrogen (secondary N) is 2. The van der Waals surface area contributed by atoms with Crippen molar-refractivity contribution < 1.29 is 37.3 Å². The van der Waals surface area contributed by atoms with Crippen molar-refractivity contribution in [1.29, 1.82) is 0 Å². The first-order valence-electron chi connectivity index (χ1n) is 11.9. The number of aliphatic imine (C=N–C) groups is 1. The summed E-state index contributed by atoms with van der Waals surface area (Å²) in [7, 11) is 0. The van der Waals surface area contributed by atoms with E-state index in [1.807, 2.05) is 24.3 Å². The van der Waals surface area contributed by atoms with Crippen molar-refractivity contribution in [2.45, 2.75) is 0 Å². The van der Waals surface area contributed by atoms with E-state index in [1.165, 1.54) is 6.08 Å². The average molecular weight is 614 g/mol. The maximum Gasteiger partial charge on any atom is 0.319 e. The maximum absolute atomic E-state index is 11.8. The number of Topliss-reactive ketones (excluding diaryl/α,β-unsaturated/α-hetero) is 2. The van der Waals surface area contributed by atoms with Crippen LogP contribution in [0.15, 0.2) is 114 Å². The van der Waals surface area contributed by atoms with Crippen molar-refractivity contribution in [1.82, 2.24) is 5.32 Å². The number of ketones is 2. The number of benzene rings is 4. The quantitative estimate of drug-likeness (QED) is 0.168. The number of carbonyl (C=O) groups excluding carboxylic acids is 4. The molecule has 0 unspecified atom stereocenters. The molecule has 41 heavy (non-hydrogen) atoms. The lowest BCUT2D eigenvalue weighted by molar-refractivity contribution is -0.349. The fourth-order valence-corrected chi connectivity index (χ4v) is 3.18. The van der Waals surface area contributed by atoms with Gasteiger partial charge in [0.15, 0.2) is 5.78 Å². The van der Waals surface area contributed by atoms with Crippen LogP contribution in [-0.2, 0) is 4.79 Å². The molecular weight excluding hydrogens is 587 g/mol. The van der Waals surface area contributed by atoms with E-state index in [2.05, 4.69) is 21.4 Å². The van der Waals surface area contributed by atoms with Gasteiger partial charge in [0.1, 0.15) is 6.54 Å². The molecule has 5 N–H and O–H groups in total. The number of hydrogen-bond donors (Lipinski definition) is 3. The predicted molar refractivity (Wildman–Crippen MR) is 157 cm³/mol. The number of rotatable bonds is 7. The van der Waals surface area contributed by atoms with Gasteiger partial charge in [0, 0.05) is 26.9 Å². The standard InChI is InChI=1S/C15H13ClN2O2.C8H9NO.C7H4ClNO.ClH/c16-12-6-8-13(9-7-12)18-15(20)17-10-14(19)11-4-2-1-3-5-11;9-6-8(10)7-4-2-1-3-5-7;8-6-1-3-7(4-2-6)9-5-10;/h1-9H,10H2,(H2,17,18,20);1-5H,6,9H2;1-4H;1H. The van der Waals surface area contributed by atoms with E-state index in [4.69, 9.17) is 23.2 Å². The minimum Gasteiger partial charge on any atom is -1.00 e. The third-order valence-corrected chi connectivity index (χ3v) is 5.44. The molecule has 0 saturated heterocycles. The average Bonchev–Trinajstić information content (AvgIpc) is 2.99. The van der Waals surface area contributed by atoms with E-state index in [0.717, 1.165) is 5.56 Å². The van der Waals surface area contributed by atoms with E-state index < -0.39 is 6.03 Å². The first kappa shape index (κ1) is 34.7. The van der Waals surface area contributed by atoms with Gasteiger partial charge in [-0.3, -0.25) is 9.59 Å². The Morgan fingerprint density at radius 1 is 0.707 bits per heavy atom. The molecule has 0 saturated carbocycles.